The molecule has 0 amide bonds. The molecule has 2 aromatic carbocycles. The number of thiazole rings is 1. The molecule has 0 aliphatic heterocycles. The molecule has 128 valence electrons. The Balaban J connectivity index is 1.80. The van der Waals surface area contributed by atoms with Crippen molar-refractivity contribution in [3.8, 4) is 0 Å². The van der Waals surface area contributed by atoms with Crippen molar-refractivity contribution in [2.75, 3.05) is 30.0 Å². The topological polar surface area (TPSA) is 71.2 Å². The molecular formula is C18H17FN4OS. The van der Waals surface area contributed by atoms with Crippen molar-refractivity contribution >= 4 is 39.4 Å². The lowest BCUT2D eigenvalue weighted by atomic mass is 10.1. The number of nitrogens with zero attached hydrogens (tertiary/aromatic N) is 2. The summed E-state index contributed by atoms with van der Waals surface area (Å²) in [6.07, 6.45) is 0. The van der Waals surface area contributed by atoms with Gasteiger partial charge in [0.05, 0.1) is 0 Å². The molecule has 0 saturated heterocycles. The summed E-state index contributed by atoms with van der Waals surface area (Å²) in [5.41, 5.74) is 8.19. The number of nitrogens with two attached hydrogens (primary N) is 1. The molecule has 0 atom stereocenters. The van der Waals surface area contributed by atoms with Crippen LogP contribution in [-0.2, 0) is 0 Å². The smallest absolute Gasteiger partial charge is 0.206 e. The van der Waals surface area contributed by atoms with Gasteiger partial charge in [0.2, 0.25) is 5.78 Å². The number of rotatable bonds is 5. The number of carbonyl (C=O) groups is 1. The molecule has 1 heterocycles. The molecule has 0 unspecified atom stereocenters. The van der Waals surface area contributed by atoms with Crippen LogP contribution in [0.2, 0.25) is 0 Å². The van der Waals surface area contributed by atoms with Crippen LogP contribution < -0.4 is 16.0 Å². The van der Waals surface area contributed by atoms with E-state index in [4.69, 9.17) is 5.73 Å². The molecule has 0 saturated carbocycles. The van der Waals surface area contributed by atoms with E-state index in [-0.39, 0.29) is 11.6 Å². The second-order valence-electron chi connectivity index (χ2n) is 5.64. The molecule has 0 bridgehead atoms. The molecule has 0 radical (unpaired) electrons. The van der Waals surface area contributed by atoms with Gasteiger partial charge in [-0.2, -0.15) is 0 Å². The number of anilines is 4. The number of nitrogen functional groups attached to an aromatic ring is 1. The van der Waals surface area contributed by atoms with Crippen molar-refractivity contribution in [3.05, 3.63) is 64.8 Å². The van der Waals surface area contributed by atoms with E-state index < -0.39 is 5.82 Å². The van der Waals surface area contributed by atoms with Gasteiger partial charge in [-0.25, -0.2) is 9.37 Å². The van der Waals surface area contributed by atoms with E-state index in [1.54, 1.807) is 0 Å². The van der Waals surface area contributed by atoms with Crippen molar-refractivity contribution in [2.24, 2.45) is 0 Å². The monoisotopic (exact) mass is 356 g/mol. The van der Waals surface area contributed by atoms with E-state index in [0.29, 0.717) is 15.6 Å². The quantitative estimate of drug-likeness (QED) is 0.678. The maximum Gasteiger partial charge on any atom is 0.206 e. The Morgan fingerprint density at radius 2 is 1.76 bits per heavy atom. The van der Waals surface area contributed by atoms with Crippen LogP contribution in [0.4, 0.5) is 26.7 Å². The second kappa shape index (κ2) is 6.90. The summed E-state index contributed by atoms with van der Waals surface area (Å²) in [4.78, 5) is 19.0. The Kier molecular flexibility index (Phi) is 4.67. The fraction of sp³-hybridized carbons (Fsp3) is 0.111. The van der Waals surface area contributed by atoms with Crippen LogP contribution in [0.15, 0.2) is 48.5 Å². The van der Waals surface area contributed by atoms with Gasteiger partial charge in [-0.15, -0.1) is 0 Å². The Labute approximate surface area is 148 Å². The maximum atomic E-state index is 13.0. The average Bonchev–Trinajstić information content (AvgIpc) is 2.95. The number of aromatic nitrogens is 1. The van der Waals surface area contributed by atoms with Crippen LogP contribution in [0.25, 0.3) is 0 Å². The largest absolute Gasteiger partial charge is 0.382 e. The number of halogens is 1. The SMILES string of the molecule is CN(C)c1ccc(Nc2nc(N)c(C(=O)c3ccc(F)cc3)s2)cc1. The molecule has 3 aromatic rings. The summed E-state index contributed by atoms with van der Waals surface area (Å²) < 4.78 is 13.0. The summed E-state index contributed by atoms with van der Waals surface area (Å²) in [6, 6.07) is 13.2. The van der Waals surface area contributed by atoms with Gasteiger partial charge in [-0.05, 0) is 48.5 Å². The summed E-state index contributed by atoms with van der Waals surface area (Å²) in [5, 5.41) is 3.67. The predicted octanol–water partition coefficient (Wildman–Crippen LogP) is 3.91. The average molecular weight is 356 g/mol. The number of carbonyl (C=O) groups excluding carboxylic acids is 1. The van der Waals surface area contributed by atoms with Gasteiger partial charge >= 0.3 is 0 Å². The highest BCUT2D eigenvalue weighted by Gasteiger charge is 2.18. The van der Waals surface area contributed by atoms with Gasteiger partial charge < -0.3 is 16.0 Å². The fourth-order valence-electron chi connectivity index (χ4n) is 2.25. The zero-order chi connectivity index (χ0) is 18.0. The molecule has 7 heteroatoms. The highest BCUT2D eigenvalue weighted by molar-refractivity contribution is 7.18. The van der Waals surface area contributed by atoms with Crippen LogP contribution in [0.1, 0.15) is 15.2 Å². The standard InChI is InChI=1S/C18H17FN4OS/c1-23(2)14-9-7-13(8-10-14)21-18-22-17(20)16(25-18)15(24)11-3-5-12(19)6-4-11/h3-10H,20H2,1-2H3,(H,21,22). The molecule has 5 nitrogen and oxygen atoms in total. The van der Waals surface area contributed by atoms with Gasteiger partial charge in [0.15, 0.2) is 5.13 Å². The number of ketones is 1. The van der Waals surface area contributed by atoms with Crippen LogP contribution in [-0.4, -0.2) is 24.9 Å². The second-order valence-corrected chi connectivity index (χ2v) is 6.63. The first-order valence-corrected chi connectivity index (χ1v) is 8.36. The lowest BCUT2D eigenvalue weighted by Crippen LogP contribution is -2.08. The normalized spacial score (nSPS) is 10.5. The van der Waals surface area contributed by atoms with Crippen molar-refractivity contribution in [3.63, 3.8) is 0 Å². The first-order chi connectivity index (χ1) is 11.9. The minimum absolute atomic E-state index is 0.159. The van der Waals surface area contributed by atoms with E-state index in [0.717, 1.165) is 11.4 Å². The summed E-state index contributed by atoms with van der Waals surface area (Å²) >= 11 is 1.17. The van der Waals surface area contributed by atoms with Crippen molar-refractivity contribution < 1.29 is 9.18 Å². The van der Waals surface area contributed by atoms with E-state index in [1.807, 2.05) is 43.3 Å². The Bertz CT molecular complexity index is 888. The van der Waals surface area contributed by atoms with Gasteiger partial charge in [0.25, 0.3) is 0 Å². The molecule has 3 N–H and O–H groups in total. The number of hydrogen-bond donors (Lipinski definition) is 2. The van der Waals surface area contributed by atoms with E-state index in [2.05, 4.69) is 10.3 Å². The molecule has 0 aliphatic carbocycles. The molecule has 0 fully saturated rings. The Morgan fingerprint density at radius 1 is 1.12 bits per heavy atom. The van der Waals surface area contributed by atoms with Crippen molar-refractivity contribution in [1.29, 1.82) is 0 Å². The van der Waals surface area contributed by atoms with Crippen molar-refractivity contribution in [1.82, 2.24) is 4.98 Å². The minimum atomic E-state index is -0.391. The fourth-order valence-corrected chi connectivity index (χ4v) is 3.11. The third kappa shape index (κ3) is 3.77. The third-order valence-corrected chi connectivity index (χ3v) is 4.59. The zero-order valence-corrected chi connectivity index (χ0v) is 14.6. The predicted molar refractivity (Wildman–Crippen MR) is 100 cm³/mol. The lowest BCUT2D eigenvalue weighted by Gasteiger charge is -2.12. The molecule has 0 spiro atoms. The maximum absolute atomic E-state index is 13.0. The van der Waals surface area contributed by atoms with Gasteiger partial charge in [-0.1, -0.05) is 11.3 Å². The Hall–Kier alpha value is -2.93. The highest BCUT2D eigenvalue weighted by Crippen LogP contribution is 2.30. The highest BCUT2D eigenvalue weighted by atomic mass is 32.1. The van der Waals surface area contributed by atoms with Gasteiger partial charge in [0, 0.05) is 31.0 Å². The van der Waals surface area contributed by atoms with Crippen LogP contribution >= 0.6 is 11.3 Å². The van der Waals surface area contributed by atoms with Crippen LogP contribution in [0.3, 0.4) is 0 Å². The molecule has 3 rings (SSSR count). The van der Waals surface area contributed by atoms with Gasteiger partial charge in [0.1, 0.15) is 16.5 Å². The van der Waals surface area contributed by atoms with Gasteiger partial charge in [-0.3, -0.25) is 4.79 Å². The summed E-state index contributed by atoms with van der Waals surface area (Å²) in [7, 11) is 3.94. The molecule has 0 aliphatic rings. The minimum Gasteiger partial charge on any atom is -0.382 e. The summed E-state index contributed by atoms with van der Waals surface area (Å²) in [5.74, 6) is -0.505. The Morgan fingerprint density at radius 3 is 2.36 bits per heavy atom. The lowest BCUT2D eigenvalue weighted by molar-refractivity contribution is 0.104. The number of nitrogens with one attached hydrogen (secondary N) is 1. The first kappa shape index (κ1) is 16.9. The third-order valence-electron chi connectivity index (χ3n) is 3.60. The van der Waals surface area contributed by atoms with Crippen LogP contribution in [0.5, 0.6) is 0 Å². The van der Waals surface area contributed by atoms with E-state index in [9.17, 15) is 9.18 Å². The van der Waals surface area contributed by atoms with Crippen molar-refractivity contribution in [2.45, 2.75) is 0 Å². The van der Waals surface area contributed by atoms with E-state index in [1.165, 1.54) is 35.6 Å². The molecule has 25 heavy (non-hydrogen) atoms. The van der Waals surface area contributed by atoms with E-state index >= 15 is 0 Å². The summed E-state index contributed by atoms with van der Waals surface area (Å²) in [6.45, 7) is 0. The van der Waals surface area contributed by atoms with Crippen LogP contribution in [0, 0.1) is 5.82 Å². The number of benzene rings is 2. The number of hydrogen-bond acceptors (Lipinski definition) is 6. The molecular weight excluding hydrogens is 339 g/mol. The first-order valence-electron chi connectivity index (χ1n) is 7.55. The molecule has 1 aromatic heterocycles. The zero-order valence-electron chi connectivity index (χ0n) is 13.8.